The van der Waals surface area contributed by atoms with Crippen LogP contribution in [-0.4, -0.2) is 43.1 Å². The summed E-state index contributed by atoms with van der Waals surface area (Å²) in [5.41, 5.74) is 1.07. The lowest BCUT2D eigenvalue weighted by Crippen LogP contribution is -2.46. The maximum absolute atomic E-state index is 11.7. The SMILES string of the molecule is COc1ccc(CN2C[C@@H](CCl)OCC2=O)cc1. The molecule has 1 fully saturated rings. The van der Waals surface area contributed by atoms with Crippen LogP contribution in [0.15, 0.2) is 24.3 Å². The van der Waals surface area contributed by atoms with Crippen molar-refractivity contribution in [3.8, 4) is 5.75 Å². The first kappa shape index (κ1) is 13.2. The third-order valence-electron chi connectivity index (χ3n) is 2.92. The van der Waals surface area contributed by atoms with Gasteiger partial charge in [-0.1, -0.05) is 12.1 Å². The lowest BCUT2D eigenvalue weighted by Gasteiger charge is -2.31. The molecule has 1 amide bonds. The molecule has 4 nitrogen and oxygen atoms in total. The first-order valence-corrected chi connectivity index (χ1v) is 6.34. The molecule has 1 heterocycles. The van der Waals surface area contributed by atoms with Crippen molar-refractivity contribution < 1.29 is 14.3 Å². The first-order valence-electron chi connectivity index (χ1n) is 5.81. The molecule has 2 rings (SSSR count). The quantitative estimate of drug-likeness (QED) is 0.781. The summed E-state index contributed by atoms with van der Waals surface area (Å²) in [4.78, 5) is 13.5. The lowest BCUT2D eigenvalue weighted by molar-refractivity contribution is -0.148. The fourth-order valence-electron chi connectivity index (χ4n) is 1.88. The van der Waals surface area contributed by atoms with E-state index < -0.39 is 0 Å². The number of carbonyl (C=O) groups excluding carboxylic acids is 1. The minimum atomic E-state index is -0.0670. The van der Waals surface area contributed by atoms with Crippen LogP contribution in [-0.2, 0) is 16.1 Å². The summed E-state index contributed by atoms with van der Waals surface area (Å²) in [5.74, 6) is 1.23. The number of halogens is 1. The number of nitrogens with zero attached hydrogens (tertiary/aromatic N) is 1. The molecule has 0 saturated carbocycles. The average molecular weight is 270 g/mol. The molecule has 0 spiro atoms. The molecule has 0 aliphatic carbocycles. The summed E-state index contributed by atoms with van der Waals surface area (Å²) in [5, 5.41) is 0. The van der Waals surface area contributed by atoms with Crippen LogP contribution in [0.2, 0.25) is 0 Å². The van der Waals surface area contributed by atoms with Gasteiger partial charge < -0.3 is 14.4 Å². The molecule has 1 aromatic rings. The highest BCUT2D eigenvalue weighted by Gasteiger charge is 2.25. The zero-order valence-electron chi connectivity index (χ0n) is 10.3. The molecular weight excluding hydrogens is 254 g/mol. The highest BCUT2D eigenvalue weighted by atomic mass is 35.5. The number of alkyl halides is 1. The lowest BCUT2D eigenvalue weighted by atomic mass is 10.2. The Hall–Kier alpha value is -1.26. The number of rotatable bonds is 4. The van der Waals surface area contributed by atoms with E-state index in [1.165, 1.54) is 0 Å². The smallest absolute Gasteiger partial charge is 0.248 e. The zero-order chi connectivity index (χ0) is 13.0. The third kappa shape index (κ3) is 3.15. The van der Waals surface area contributed by atoms with Crippen molar-refractivity contribution in [1.29, 1.82) is 0 Å². The number of morpholine rings is 1. The van der Waals surface area contributed by atoms with Gasteiger partial charge in [0.2, 0.25) is 5.91 Å². The molecular formula is C13H16ClNO3. The average Bonchev–Trinajstić information content (AvgIpc) is 2.42. The van der Waals surface area contributed by atoms with E-state index in [1.54, 1.807) is 12.0 Å². The summed E-state index contributed by atoms with van der Waals surface area (Å²) in [6.45, 7) is 1.25. The highest BCUT2D eigenvalue weighted by molar-refractivity contribution is 6.18. The van der Waals surface area contributed by atoms with E-state index in [4.69, 9.17) is 21.1 Å². The topological polar surface area (TPSA) is 38.8 Å². The van der Waals surface area contributed by atoms with Crippen molar-refractivity contribution in [3.63, 3.8) is 0 Å². The third-order valence-corrected chi connectivity index (χ3v) is 3.27. The van der Waals surface area contributed by atoms with Gasteiger partial charge in [0.25, 0.3) is 0 Å². The van der Waals surface area contributed by atoms with E-state index in [2.05, 4.69) is 0 Å². The number of amides is 1. The second-order valence-electron chi connectivity index (χ2n) is 4.21. The number of hydrogen-bond donors (Lipinski definition) is 0. The van der Waals surface area contributed by atoms with Crippen LogP contribution in [0.5, 0.6) is 5.75 Å². The largest absolute Gasteiger partial charge is 0.497 e. The fourth-order valence-corrected chi connectivity index (χ4v) is 2.06. The standard InChI is InChI=1S/C13H16ClNO3/c1-17-11-4-2-10(3-5-11)7-15-8-12(6-14)18-9-13(15)16/h2-5,12H,6-9H2,1H3/t12-/m1/s1. The number of carbonyl (C=O) groups is 1. The number of methoxy groups -OCH3 is 1. The molecule has 0 aromatic heterocycles. The number of ether oxygens (including phenoxy) is 2. The molecule has 1 aliphatic rings. The van der Waals surface area contributed by atoms with Crippen LogP contribution in [0, 0.1) is 0 Å². The fraction of sp³-hybridized carbons (Fsp3) is 0.462. The van der Waals surface area contributed by atoms with Gasteiger partial charge in [0, 0.05) is 13.1 Å². The van der Waals surface area contributed by atoms with Crippen molar-refractivity contribution in [2.24, 2.45) is 0 Å². The maximum atomic E-state index is 11.7. The van der Waals surface area contributed by atoms with Crippen LogP contribution in [0.3, 0.4) is 0 Å². The number of hydrogen-bond acceptors (Lipinski definition) is 3. The van der Waals surface area contributed by atoms with Gasteiger partial charge in [0.05, 0.1) is 19.1 Å². The molecule has 0 radical (unpaired) electrons. The molecule has 0 bridgehead atoms. The van der Waals surface area contributed by atoms with Crippen molar-refractivity contribution in [3.05, 3.63) is 29.8 Å². The van der Waals surface area contributed by atoms with E-state index in [-0.39, 0.29) is 18.6 Å². The second-order valence-corrected chi connectivity index (χ2v) is 4.52. The van der Waals surface area contributed by atoms with E-state index in [1.807, 2.05) is 24.3 Å². The molecule has 1 aromatic carbocycles. The Bertz CT molecular complexity index is 407. The predicted molar refractivity (Wildman–Crippen MR) is 68.9 cm³/mol. The molecule has 0 unspecified atom stereocenters. The molecule has 98 valence electrons. The van der Waals surface area contributed by atoms with Gasteiger partial charge in [-0.2, -0.15) is 0 Å². The van der Waals surface area contributed by atoms with Crippen molar-refractivity contribution in [1.82, 2.24) is 4.90 Å². The normalized spacial score (nSPS) is 20.0. The molecule has 0 N–H and O–H groups in total. The Morgan fingerprint density at radius 2 is 2.17 bits per heavy atom. The van der Waals surface area contributed by atoms with Crippen molar-refractivity contribution in [2.45, 2.75) is 12.6 Å². The Balaban J connectivity index is 2.00. The maximum Gasteiger partial charge on any atom is 0.248 e. The van der Waals surface area contributed by atoms with Crippen LogP contribution in [0.1, 0.15) is 5.56 Å². The van der Waals surface area contributed by atoms with Gasteiger partial charge in [-0.15, -0.1) is 11.6 Å². The number of benzene rings is 1. The van der Waals surface area contributed by atoms with Crippen LogP contribution < -0.4 is 4.74 Å². The molecule has 18 heavy (non-hydrogen) atoms. The molecule has 1 atom stereocenters. The van der Waals surface area contributed by atoms with Crippen LogP contribution in [0.25, 0.3) is 0 Å². The van der Waals surface area contributed by atoms with Gasteiger partial charge in [0.15, 0.2) is 0 Å². The van der Waals surface area contributed by atoms with Crippen LogP contribution in [0.4, 0.5) is 0 Å². The molecule has 1 saturated heterocycles. The van der Waals surface area contributed by atoms with Gasteiger partial charge >= 0.3 is 0 Å². The second kappa shape index (κ2) is 6.07. The summed E-state index contributed by atoms with van der Waals surface area (Å²) in [6, 6.07) is 7.69. The molecule has 1 aliphatic heterocycles. The van der Waals surface area contributed by atoms with E-state index >= 15 is 0 Å². The summed E-state index contributed by atoms with van der Waals surface area (Å²) < 4.78 is 10.4. The van der Waals surface area contributed by atoms with Crippen molar-refractivity contribution >= 4 is 17.5 Å². The summed E-state index contributed by atoms with van der Waals surface area (Å²) in [7, 11) is 1.63. The van der Waals surface area contributed by atoms with Crippen LogP contribution >= 0.6 is 11.6 Å². The molecule has 5 heteroatoms. The summed E-state index contributed by atoms with van der Waals surface area (Å²) >= 11 is 5.76. The minimum absolute atomic E-state index is 0.00665. The monoisotopic (exact) mass is 269 g/mol. The van der Waals surface area contributed by atoms with Gasteiger partial charge in [-0.05, 0) is 17.7 Å². The Morgan fingerprint density at radius 3 is 2.78 bits per heavy atom. The summed E-state index contributed by atoms with van der Waals surface area (Å²) in [6.07, 6.45) is -0.0670. The van der Waals surface area contributed by atoms with E-state index in [9.17, 15) is 4.79 Å². The zero-order valence-corrected chi connectivity index (χ0v) is 11.0. The Labute approximate surface area is 111 Å². The Kier molecular flexibility index (Phi) is 4.44. The van der Waals surface area contributed by atoms with E-state index in [0.29, 0.717) is 19.0 Å². The minimum Gasteiger partial charge on any atom is -0.497 e. The van der Waals surface area contributed by atoms with E-state index in [0.717, 1.165) is 11.3 Å². The first-order chi connectivity index (χ1) is 8.72. The van der Waals surface area contributed by atoms with Crippen molar-refractivity contribution in [2.75, 3.05) is 26.1 Å². The Morgan fingerprint density at radius 1 is 1.44 bits per heavy atom. The van der Waals surface area contributed by atoms with Gasteiger partial charge in [-0.25, -0.2) is 0 Å². The predicted octanol–water partition coefficient (Wildman–Crippen LogP) is 1.66. The van der Waals surface area contributed by atoms with Gasteiger partial charge in [0.1, 0.15) is 12.4 Å². The van der Waals surface area contributed by atoms with Gasteiger partial charge in [-0.3, -0.25) is 4.79 Å². The highest BCUT2D eigenvalue weighted by Crippen LogP contribution is 2.15.